The van der Waals surface area contributed by atoms with Gasteiger partial charge in [0, 0.05) is 18.7 Å². The van der Waals surface area contributed by atoms with E-state index in [0.29, 0.717) is 6.54 Å². The van der Waals surface area contributed by atoms with Crippen LogP contribution in [0.15, 0.2) is 24.3 Å². The highest BCUT2D eigenvalue weighted by atomic mass is 32.1. The Morgan fingerprint density at radius 2 is 2.37 bits per heavy atom. The van der Waals surface area contributed by atoms with Crippen molar-refractivity contribution in [1.82, 2.24) is 10.6 Å². The van der Waals surface area contributed by atoms with Crippen molar-refractivity contribution in [3.8, 4) is 0 Å². The van der Waals surface area contributed by atoms with E-state index in [0.717, 1.165) is 25.5 Å². The van der Waals surface area contributed by atoms with E-state index in [-0.39, 0.29) is 16.8 Å². The number of carbonyl (C=O) groups is 1. The molecule has 1 atom stereocenters. The normalized spacial score (nSPS) is 18.1. The third kappa shape index (κ3) is 4.25. The first-order valence-electron chi connectivity index (χ1n) is 6.11. The highest BCUT2D eigenvalue weighted by molar-refractivity contribution is 7.80. The standard InChI is InChI=1S/C13H15FN2O2S/c14-10-4-1-3-9(7-10)12(17)16-13(19)15-8-11-5-2-6-18-11/h1,3-4,7,11H,2,5-6,8H2,(H2,15,16,17,19). The Balaban J connectivity index is 1.79. The molecule has 1 unspecified atom stereocenters. The summed E-state index contributed by atoms with van der Waals surface area (Å²) in [5.74, 6) is -0.879. The maximum atomic E-state index is 13.0. The molecule has 0 bridgehead atoms. The monoisotopic (exact) mass is 282 g/mol. The van der Waals surface area contributed by atoms with Crippen molar-refractivity contribution in [2.45, 2.75) is 18.9 Å². The zero-order valence-electron chi connectivity index (χ0n) is 10.3. The summed E-state index contributed by atoms with van der Waals surface area (Å²) in [5, 5.41) is 5.65. The maximum Gasteiger partial charge on any atom is 0.257 e. The SMILES string of the molecule is O=C(NC(=S)NCC1CCCO1)c1cccc(F)c1. The van der Waals surface area contributed by atoms with Crippen molar-refractivity contribution in [1.29, 1.82) is 0 Å². The van der Waals surface area contributed by atoms with Gasteiger partial charge in [-0.05, 0) is 43.3 Å². The highest BCUT2D eigenvalue weighted by Gasteiger charge is 2.16. The Labute approximate surface area is 116 Å². The minimum atomic E-state index is -0.453. The van der Waals surface area contributed by atoms with Crippen molar-refractivity contribution >= 4 is 23.2 Å². The minimum Gasteiger partial charge on any atom is -0.376 e. The number of nitrogens with one attached hydrogen (secondary N) is 2. The number of thiocarbonyl (C=S) groups is 1. The van der Waals surface area contributed by atoms with Gasteiger partial charge in [-0.25, -0.2) is 4.39 Å². The van der Waals surface area contributed by atoms with E-state index < -0.39 is 11.7 Å². The van der Waals surface area contributed by atoms with E-state index in [9.17, 15) is 9.18 Å². The third-order valence-electron chi connectivity index (χ3n) is 2.83. The lowest BCUT2D eigenvalue weighted by molar-refractivity contribution is 0.0972. The molecule has 0 radical (unpaired) electrons. The van der Waals surface area contributed by atoms with Crippen LogP contribution in [-0.4, -0.2) is 30.3 Å². The van der Waals surface area contributed by atoms with Gasteiger partial charge in [-0.3, -0.25) is 10.1 Å². The number of carbonyl (C=O) groups excluding carboxylic acids is 1. The van der Waals surface area contributed by atoms with Crippen LogP contribution in [0.4, 0.5) is 4.39 Å². The Morgan fingerprint density at radius 1 is 1.53 bits per heavy atom. The van der Waals surface area contributed by atoms with Crippen LogP contribution in [0.1, 0.15) is 23.2 Å². The van der Waals surface area contributed by atoms with Crippen LogP contribution in [0.2, 0.25) is 0 Å². The largest absolute Gasteiger partial charge is 0.376 e. The fourth-order valence-electron chi connectivity index (χ4n) is 1.86. The molecule has 1 fully saturated rings. The van der Waals surface area contributed by atoms with Crippen molar-refractivity contribution in [2.75, 3.05) is 13.2 Å². The van der Waals surface area contributed by atoms with E-state index in [1.165, 1.54) is 18.2 Å². The molecule has 1 aliphatic rings. The van der Waals surface area contributed by atoms with Gasteiger partial charge >= 0.3 is 0 Å². The average Bonchev–Trinajstić information content (AvgIpc) is 2.89. The van der Waals surface area contributed by atoms with Crippen molar-refractivity contribution in [3.05, 3.63) is 35.6 Å². The fourth-order valence-corrected chi connectivity index (χ4v) is 2.04. The summed E-state index contributed by atoms with van der Waals surface area (Å²) >= 11 is 5.01. The lowest BCUT2D eigenvalue weighted by Crippen LogP contribution is -2.42. The number of ether oxygens (including phenoxy) is 1. The van der Waals surface area contributed by atoms with Gasteiger partial charge in [0.15, 0.2) is 5.11 Å². The van der Waals surface area contributed by atoms with E-state index in [4.69, 9.17) is 17.0 Å². The van der Waals surface area contributed by atoms with Gasteiger partial charge in [0.05, 0.1) is 6.10 Å². The molecule has 19 heavy (non-hydrogen) atoms. The lowest BCUT2D eigenvalue weighted by atomic mass is 10.2. The van der Waals surface area contributed by atoms with Gasteiger partial charge in [-0.1, -0.05) is 6.07 Å². The molecule has 2 rings (SSSR count). The van der Waals surface area contributed by atoms with Crippen molar-refractivity contribution in [2.24, 2.45) is 0 Å². The average molecular weight is 282 g/mol. The molecule has 102 valence electrons. The predicted molar refractivity (Wildman–Crippen MR) is 73.4 cm³/mol. The predicted octanol–water partition coefficient (Wildman–Crippen LogP) is 1.61. The van der Waals surface area contributed by atoms with Gasteiger partial charge in [-0.15, -0.1) is 0 Å². The molecule has 2 N–H and O–H groups in total. The van der Waals surface area contributed by atoms with Gasteiger partial charge in [0.1, 0.15) is 5.82 Å². The Bertz CT molecular complexity index is 475. The molecule has 0 aromatic heterocycles. The minimum absolute atomic E-state index is 0.143. The lowest BCUT2D eigenvalue weighted by Gasteiger charge is -2.13. The summed E-state index contributed by atoms with van der Waals surface area (Å²) < 4.78 is 18.4. The number of hydrogen-bond donors (Lipinski definition) is 2. The van der Waals surface area contributed by atoms with Gasteiger partial charge in [0.25, 0.3) is 5.91 Å². The molecule has 0 saturated carbocycles. The molecule has 6 heteroatoms. The number of halogens is 1. The summed E-state index contributed by atoms with van der Waals surface area (Å²) in [4.78, 5) is 11.8. The maximum absolute atomic E-state index is 13.0. The second-order valence-electron chi connectivity index (χ2n) is 4.31. The second-order valence-corrected chi connectivity index (χ2v) is 4.72. The summed E-state index contributed by atoms with van der Waals surface area (Å²) in [5.41, 5.74) is 0.237. The van der Waals surface area contributed by atoms with E-state index in [1.807, 2.05) is 0 Å². The van der Waals surface area contributed by atoms with Crippen LogP contribution >= 0.6 is 12.2 Å². The molecule has 1 amide bonds. The first-order chi connectivity index (χ1) is 9.15. The van der Waals surface area contributed by atoms with Crippen LogP contribution < -0.4 is 10.6 Å². The Morgan fingerprint density at radius 3 is 3.05 bits per heavy atom. The topological polar surface area (TPSA) is 50.4 Å². The molecule has 4 nitrogen and oxygen atoms in total. The van der Waals surface area contributed by atoms with Gasteiger partial charge in [-0.2, -0.15) is 0 Å². The number of hydrogen-bond acceptors (Lipinski definition) is 3. The van der Waals surface area contributed by atoms with E-state index in [2.05, 4.69) is 10.6 Å². The fraction of sp³-hybridized carbons (Fsp3) is 0.385. The molecule has 1 aliphatic heterocycles. The summed E-state index contributed by atoms with van der Waals surface area (Å²) in [7, 11) is 0. The molecule has 1 aromatic rings. The smallest absolute Gasteiger partial charge is 0.257 e. The third-order valence-corrected chi connectivity index (χ3v) is 3.07. The zero-order valence-corrected chi connectivity index (χ0v) is 11.1. The summed E-state index contributed by atoms with van der Waals surface area (Å²) in [6.07, 6.45) is 2.19. The second kappa shape index (κ2) is 6.58. The Kier molecular flexibility index (Phi) is 4.81. The van der Waals surface area contributed by atoms with Crippen LogP contribution in [0.3, 0.4) is 0 Å². The molecule has 0 spiro atoms. The molecular formula is C13H15FN2O2S. The number of rotatable bonds is 3. The quantitative estimate of drug-likeness (QED) is 0.827. The van der Waals surface area contributed by atoms with Crippen LogP contribution in [0.25, 0.3) is 0 Å². The van der Waals surface area contributed by atoms with Crippen LogP contribution in [0.5, 0.6) is 0 Å². The van der Waals surface area contributed by atoms with Crippen LogP contribution in [-0.2, 0) is 4.74 Å². The van der Waals surface area contributed by atoms with Crippen molar-refractivity contribution < 1.29 is 13.9 Å². The highest BCUT2D eigenvalue weighted by Crippen LogP contribution is 2.10. The van der Waals surface area contributed by atoms with Gasteiger partial charge in [0.2, 0.25) is 0 Å². The number of benzene rings is 1. The summed E-state index contributed by atoms with van der Waals surface area (Å²) in [6, 6.07) is 5.46. The van der Waals surface area contributed by atoms with E-state index >= 15 is 0 Å². The zero-order chi connectivity index (χ0) is 13.7. The molecule has 1 saturated heterocycles. The molecular weight excluding hydrogens is 267 g/mol. The Hall–Kier alpha value is -1.53. The molecule has 0 aliphatic carbocycles. The van der Waals surface area contributed by atoms with Crippen molar-refractivity contribution in [3.63, 3.8) is 0 Å². The van der Waals surface area contributed by atoms with Gasteiger partial charge < -0.3 is 10.1 Å². The first-order valence-corrected chi connectivity index (χ1v) is 6.52. The number of amides is 1. The molecule has 1 heterocycles. The van der Waals surface area contributed by atoms with E-state index in [1.54, 1.807) is 0 Å². The molecule has 1 aromatic carbocycles. The summed E-state index contributed by atoms with van der Waals surface area (Å²) in [6.45, 7) is 1.34. The first kappa shape index (κ1) is 13.9. The van der Waals surface area contributed by atoms with Crippen LogP contribution in [0, 0.1) is 5.82 Å².